The average molecular weight is 499 g/mol. The van der Waals surface area contributed by atoms with Crippen molar-refractivity contribution in [2.75, 3.05) is 20.2 Å². The standard InChI is InChI=1S/C21H24BrFN2O4S/c1-14(15-5-10-20(29-2)19(23)12-15)24-21(26)16-4-3-11-25(13-16)30(27,28)18-8-6-17(22)7-9-18/h5-10,12,14,16H,3-4,11,13H2,1-2H3,(H,24,26). The maximum absolute atomic E-state index is 14.0. The molecule has 0 radical (unpaired) electrons. The van der Waals surface area contributed by atoms with E-state index in [0.717, 1.165) is 4.47 Å². The molecule has 0 aromatic heterocycles. The van der Waals surface area contributed by atoms with E-state index in [1.165, 1.54) is 23.5 Å². The highest BCUT2D eigenvalue weighted by molar-refractivity contribution is 9.10. The first-order chi connectivity index (χ1) is 14.2. The quantitative estimate of drug-likeness (QED) is 0.655. The second-order valence-electron chi connectivity index (χ2n) is 7.28. The van der Waals surface area contributed by atoms with Crippen molar-refractivity contribution in [3.63, 3.8) is 0 Å². The Kier molecular flexibility index (Phi) is 7.15. The van der Waals surface area contributed by atoms with Crippen LogP contribution in [0.25, 0.3) is 0 Å². The lowest BCUT2D eigenvalue weighted by Crippen LogP contribution is -2.45. The highest BCUT2D eigenvalue weighted by Gasteiger charge is 2.33. The molecule has 2 atom stereocenters. The number of nitrogens with zero attached hydrogens (tertiary/aromatic N) is 1. The number of halogens is 2. The Morgan fingerprint density at radius 2 is 1.97 bits per heavy atom. The number of nitrogens with one attached hydrogen (secondary N) is 1. The van der Waals surface area contributed by atoms with E-state index in [1.807, 2.05) is 0 Å². The molecule has 1 heterocycles. The second kappa shape index (κ2) is 9.45. The van der Waals surface area contributed by atoms with Crippen LogP contribution in [0.1, 0.15) is 31.4 Å². The Labute approximate surface area is 184 Å². The van der Waals surface area contributed by atoms with Crippen molar-refractivity contribution in [3.8, 4) is 5.75 Å². The Hall–Kier alpha value is -1.97. The molecule has 162 valence electrons. The van der Waals surface area contributed by atoms with Gasteiger partial charge in [-0.2, -0.15) is 4.31 Å². The van der Waals surface area contributed by atoms with Gasteiger partial charge in [0.15, 0.2) is 11.6 Å². The van der Waals surface area contributed by atoms with Gasteiger partial charge in [0.05, 0.1) is 24.0 Å². The van der Waals surface area contributed by atoms with Gasteiger partial charge in [0.2, 0.25) is 15.9 Å². The van der Waals surface area contributed by atoms with E-state index in [4.69, 9.17) is 4.74 Å². The zero-order chi connectivity index (χ0) is 21.9. The summed E-state index contributed by atoms with van der Waals surface area (Å²) in [4.78, 5) is 13.0. The number of carbonyl (C=O) groups is 1. The predicted molar refractivity (Wildman–Crippen MR) is 115 cm³/mol. The normalized spacial score (nSPS) is 18.6. The summed E-state index contributed by atoms with van der Waals surface area (Å²) in [5.41, 5.74) is 0.608. The zero-order valence-electron chi connectivity index (χ0n) is 16.8. The third-order valence-electron chi connectivity index (χ3n) is 5.24. The molecule has 9 heteroatoms. The van der Waals surface area contributed by atoms with Gasteiger partial charge in [-0.1, -0.05) is 22.0 Å². The second-order valence-corrected chi connectivity index (χ2v) is 10.1. The molecular weight excluding hydrogens is 475 g/mol. The highest BCUT2D eigenvalue weighted by atomic mass is 79.9. The lowest BCUT2D eigenvalue weighted by Gasteiger charge is -2.32. The van der Waals surface area contributed by atoms with Crippen molar-refractivity contribution < 1.29 is 22.3 Å². The van der Waals surface area contributed by atoms with E-state index in [-0.39, 0.29) is 23.1 Å². The monoisotopic (exact) mass is 498 g/mol. The fourth-order valence-corrected chi connectivity index (χ4v) is 5.29. The molecule has 1 amide bonds. The number of benzene rings is 2. The molecule has 1 N–H and O–H groups in total. The number of methoxy groups -OCH3 is 1. The number of piperidine rings is 1. The Bertz CT molecular complexity index is 1010. The molecule has 2 aromatic rings. The summed E-state index contributed by atoms with van der Waals surface area (Å²) in [6.07, 6.45) is 1.20. The molecule has 1 saturated heterocycles. The summed E-state index contributed by atoms with van der Waals surface area (Å²) in [7, 11) is -2.28. The molecule has 0 bridgehead atoms. The molecule has 0 saturated carbocycles. The van der Waals surface area contributed by atoms with E-state index in [9.17, 15) is 17.6 Å². The molecule has 0 spiro atoms. The summed E-state index contributed by atoms with van der Waals surface area (Å²) in [6.45, 7) is 2.26. The molecule has 2 aromatic carbocycles. The lowest BCUT2D eigenvalue weighted by atomic mass is 9.98. The fraction of sp³-hybridized carbons (Fsp3) is 0.381. The SMILES string of the molecule is COc1ccc(C(C)NC(=O)C2CCCN(S(=O)(=O)c3ccc(Br)cc3)C2)cc1F. The molecule has 3 rings (SSSR count). The third kappa shape index (κ3) is 5.01. The first-order valence-corrected chi connectivity index (χ1v) is 11.8. The topological polar surface area (TPSA) is 75.7 Å². The van der Waals surface area contributed by atoms with Gasteiger partial charge in [-0.3, -0.25) is 4.79 Å². The van der Waals surface area contributed by atoms with Gasteiger partial charge in [-0.05, 0) is 61.7 Å². The van der Waals surface area contributed by atoms with E-state index in [0.29, 0.717) is 24.9 Å². The number of sulfonamides is 1. The summed E-state index contributed by atoms with van der Waals surface area (Å²) < 4.78 is 46.9. The van der Waals surface area contributed by atoms with E-state index >= 15 is 0 Å². The summed E-state index contributed by atoms with van der Waals surface area (Å²) in [5.74, 6) is -1.07. The van der Waals surface area contributed by atoms with Crippen molar-refractivity contribution in [3.05, 3.63) is 58.3 Å². The van der Waals surface area contributed by atoms with Gasteiger partial charge in [-0.25, -0.2) is 12.8 Å². The minimum atomic E-state index is -3.67. The van der Waals surface area contributed by atoms with Crippen LogP contribution in [0.15, 0.2) is 51.8 Å². The molecule has 1 fully saturated rings. The molecular formula is C21H24BrFN2O4S. The first kappa shape index (κ1) is 22.7. The van der Waals surface area contributed by atoms with Crippen LogP contribution < -0.4 is 10.1 Å². The van der Waals surface area contributed by atoms with Gasteiger partial charge in [0.25, 0.3) is 0 Å². The average Bonchev–Trinajstić information content (AvgIpc) is 2.74. The van der Waals surface area contributed by atoms with Crippen LogP contribution in [-0.2, 0) is 14.8 Å². The van der Waals surface area contributed by atoms with E-state index in [2.05, 4.69) is 21.2 Å². The fourth-order valence-electron chi connectivity index (χ4n) is 3.50. The van der Waals surface area contributed by atoms with Gasteiger partial charge < -0.3 is 10.1 Å². The van der Waals surface area contributed by atoms with Crippen LogP contribution >= 0.6 is 15.9 Å². The predicted octanol–water partition coefficient (Wildman–Crippen LogP) is 3.87. The Morgan fingerprint density at radius 3 is 2.60 bits per heavy atom. The van der Waals surface area contributed by atoms with Gasteiger partial charge in [0, 0.05) is 17.6 Å². The molecule has 30 heavy (non-hydrogen) atoms. The maximum atomic E-state index is 14.0. The minimum Gasteiger partial charge on any atom is -0.494 e. The number of rotatable bonds is 6. The Balaban J connectivity index is 1.68. The van der Waals surface area contributed by atoms with Crippen LogP contribution in [0.4, 0.5) is 4.39 Å². The molecule has 2 unspecified atom stereocenters. The lowest BCUT2D eigenvalue weighted by molar-refractivity contribution is -0.126. The molecule has 1 aliphatic heterocycles. The summed E-state index contributed by atoms with van der Waals surface area (Å²) >= 11 is 3.30. The van der Waals surface area contributed by atoms with Crippen molar-refractivity contribution in [2.45, 2.75) is 30.7 Å². The van der Waals surface area contributed by atoms with Crippen LogP contribution in [0.2, 0.25) is 0 Å². The third-order valence-corrected chi connectivity index (χ3v) is 7.65. The van der Waals surface area contributed by atoms with Crippen molar-refractivity contribution >= 4 is 31.9 Å². The minimum absolute atomic E-state index is 0.119. The van der Waals surface area contributed by atoms with Crippen molar-refractivity contribution in [2.24, 2.45) is 5.92 Å². The van der Waals surface area contributed by atoms with Gasteiger partial charge >= 0.3 is 0 Å². The van der Waals surface area contributed by atoms with Crippen LogP contribution in [-0.4, -0.2) is 38.8 Å². The number of carbonyl (C=O) groups excluding carboxylic acids is 1. The Morgan fingerprint density at radius 1 is 1.27 bits per heavy atom. The number of amides is 1. The largest absolute Gasteiger partial charge is 0.494 e. The van der Waals surface area contributed by atoms with Crippen LogP contribution in [0.5, 0.6) is 5.75 Å². The van der Waals surface area contributed by atoms with Crippen molar-refractivity contribution in [1.82, 2.24) is 9.62 Å². The molecule has 6 nitrogen and oxygen atoms in total. The van der Waals surface area contributed by atoms with Gasteiger partial charge in [-0.15, -0.1) is 0 Å². The molecule has 1 aliphatic rings. The first-order valence-electron chi connectivity index (χ1n) is 9.62. The smallest absolute Gasteiger partial charge is 0.243 e. The van der Waals surface area contributed by atoms with E-state index < -0.39 is 27.8 Å². The van der Waals surface area contributed by atoms with Crippen LogP contribution in [0.3, 0.4) is 0 Å². The van der Waals surface area contributed by atoms with Crippen LogP contribution in [0, 0.1) is 11.7 Å². The molecule has 0 aliphatic carbocycles. The maximum Gasteiger partial charge on any atom is 0.243 e. The number of hydrogen-bond acceptors (Lipinski definition) is 4. The summed E-state index contributed by atoms with van der Waals surface area (Å²) in [5, 5.41) is 2.88. The highest BCUT2D eigenvalue weighted by Crippen LogP contribution is 2.26. The van der Waals surface area contributed by atoms with Crippen molar-refractivity contribution in [1.29, 1.82) is 0 Å². The van der Waals surface area contributed by atoms with E-state index in [1.54, 1.807) is 37.3 Å². The summed E-state index contributed by atoms with van der Waals surface area (Å²) in [6, 6.07) is 10.6. The number of ether oxygens (including phenoxy) is 1. The zero-order valence-corrected chi connectivity index (χ0v) is 19.2. The number of hydrogen-bond donors (Lipinski definition) is 1. The van der Waals surface area contributed by atoms with Gasteiger partial charge in [0.1, 0.15) is 0 Å².